The Morgan fingerprint density at radius 3 is 1.69 bits per heavy atom. The summed E-state index contributed by atoms with van der Waals surface area (Å²) < 4.78 is 125. The highest BCUT2D eigenvalue weighted by Crippen LogP contribution is 2.65. The van der Waals surface area contributed by atoms with Gasteiger partial charge in [-0.3, -0.25) is 9.53 Å². The molecule has 5 fully saturated rings. The summed E-state index contributed by atoms with van der Waals surface area (Å²) in [6, 6.07) is 0. The van der Waals surface area contributed by atoms with Gasteiger partial charge >= 0.3 is 29.7 Å². The fourth-order valence-electron chi connectivity index (χ4n) is 5.98. The molecule has 29 heavy (non-hydrogen) atoms. The fraction of sp³-hybridized carbons (Fsp3) is 0.941. The Bertz CT molecular complexity index is 690. The van der Waals surface area contributed by atoms with Gasteiger partial charge in [0.05, 0.1) is 0 Å². The van der Waals surface area contributed by atoms with Gasteiger partial charge in [-0.2, -0.15) is 39.5 Å². The first-order chi connectivity index (χ1) is 13.1. The van der Waals surface area contributed by atoms with Crippen LogP contribution in [0.15, 0.2) is 0 Å². The molecule has 1 atom stereocenters. The number of hydrogen-bond donors (Lipinski definition) is 1. The highest BCUT2D eigenvalue weighted by molar-refractivity contribution is 5.85. The normalized spacial score (nSPS) is 44.1. The molecule has 1 amide bonds. The minimum Gasteiger partial charge on any atom is -0.350 e. The number of carbonyl (C=O) groups is 1. The number of alkyl halides is 9. The molecule has 0 radical (unpaired) electrons. The van der Waals surface area contributed by atoms with Gasteiger partial charge in [-0.05, 0) is 61.7 Å². The van der Waals surface area contributed by atoms with Gasteiger partial charge in [0.1, 0.15) is 0 Å². The van der Waals surface area contributed by atoms with Gasteiger partial charge in [0, 0.05) is 6.54 Å². The van der Waals surface area contributed by atoms with Crippen LogP contribution in [0.4, 0.5) is 39.5 Å². The smallest absolute Gasteiger partial charge is 0.350 e. The van der Waals surface area contributed by atoms with Crippen molar-refractivity contribution < 1.29 is 49.0 Å². The Labute approximate surface area is 159 Å². The SMILES string of the molecule is O=C(NCC12CC3CC(CC(C3)C1)C2)C(F)(F)C1(F)OC(F)(F)C(F)(F)C1(F)F. The van der Waals surface area contributed by atoms with Crippen LogP contribution in [0.25, 0.3) is 0 Å². The number of halogens is 9. The van der Waals surface area contributed by atoms with Crippen LogP contribution in [0.3, 0.4) is 0 Å². The first-order valence-electron chi connectivity index (χ1n) is 9.26. The lowest BCUT2D eigenvalue weighted by molar-refractivity contribution is -0.367. The molecule has 4 aliphatic carbocycles. The van der Waals surface area contributed by atoms with Crippen molar-refractivity contribution in [3.63, 3.8) is 0 Å². The number of amides is 1. The summed E-state index contributed by atoms with van der Waals surface area (Å²) in [5.74, 6) is -27.1. The maximum absolute atomic E-state index is 14.3. The Hall–Kier alpha value is -1.20. The minimum atomic E-state index is -6.65. The third kappa shape index (κ3) is 2.59. The van der Waals surface area contributed by atoms with Crippen LogP contribution >= 0.6 is 0 Å². The predicted molar refractivity (Wildman–Crippen MR) is 78.3 cm³/mol. The summed E-state index contributed by atoms with van der Waals surface area (Å²) in [6.45, 7) is -0.403. The summed E-state index contributed by atoms with van der Waals surface area (Å²) in [4.78, 5) is 11.9. The van der Waals surface area contributed by atoms with Gasteiger partial charge in [0.15, 0.2) is 0 Å². The summed E-state index contributed by atoms with van der Waals surface area (Å²) >= 11 is 0. The van der Waals surface area contributed by atoms with E-state index in [1.165, 1.54) is 0 Å². The van der Waals surface area contributed by atoms with E-state index in [2.05, 4.69) is 4.74 Å². The van der Waals surface area contributed by atoms with E-state index in [-0.39, 0.29) is 0 Å². The molecule has 4 bridgehead atoms. The average Bonchev–Trinajstić information content (AvgIpc) is 2.66. The molecule has 5 rings (SSSR count). The Morgan fingerprint density at radius 1 is 0.862 bits per heavy atom. The van der Waals surface area contributed by atoms with Gasteiger partial charge in [-0.1, -0.05) is 0 Å². The van der Waals surface area contributed by atoms with Crippen molar-refractivity contribution in [1.82, 2.24) is 5.32 Å². The topological polar surface area (TPSA) is 38.3 Å². The summed E-state index contributed by atoms with van der Waals surface area (Å²) in [5, 5.41) is 1.64. The maximum atomic E-state index is 14.3. The zero-order chi connectivity index (χ0) is 21.7. The number of nitrogens with one attached hydrogen (secondary N) is 1. The molecule has 3 nitrogen and oxygen atoms in total. The standard InChI is InChI=1S/C17H18F9NO2/c18-13(19,16(24)14(20,21)15(22,23)17(25,26)29-16)11(28)27-7-12-4-8-1-9(5-12)3-10(2-8)6-12/h8-10H,1-7H2,(H,27,28). The largest absolute Gasteiger partial charge is 0.428 e. The van der Waals surface area contributed by atoms with Crippen molar-refractivity contribution in [3.8, 4) is 0 Å². The molecule has 0 spiro atoms. The lowest BCUT2D eigenvalue weighted by atomic mass is 9.49. The molecular formula is C17H18F9NO2. The number of rotatable bonds is 4. The predicted octanol–water partition coefficient (Wildman–Crippen LogP) is 4.51. The van der Waals surface area contributed by atoms with E-state index in [0.29, 0.717) is 37.0 Å². The molecule has 4 saturated carbocycles. The van der Waals surface area contributed by atoms with Crippen LogP contribution in [0.5, 0.6) is 0 Å². The second kappa shape index (κ2) is 5.73. The molecular weight excluding hydrogens is 421 g/mol. The first-order valence-corrected chi connectivity index (χ1v) is 9.26. The summed E-state index contributed by atoms with van der Waals surface area (Å²) in [6.07, 6.45) is -1.49. The van der Waals surface area contributed by atoms with Crippen molar-refractivity contribution >= 4 is 5.91 Å². The van der Waals surface area contributed by atoms with E-state index in [1.54, 1.807) is 5.32 Å². The van der Waals surface area contributed by atoms with E-state index in [1.807, 2.05) is 0 Å². The number of hydrogen-bond acceptors (Lipinski definition) is 2. The van der Waals surface area contributed by atoms with E-state index in [9.17, 15) is 44.3 Å². The quantitative estimate of drug-likeness (QED) is 0.655. The van der Waals surface area contributed by atoms with Gasteiger partial charge in [0.25, 0.3) is 5.91 Å². The van der Waals surface area contributed by atoms with Crippen LogP contribution in [-0.2, 0) is 9.53 Å². The highest BCUT2D eigenvalue weighted by atomic mass is 19.4. The minimum absolute atomic E-state index is 0.339. The highest BCUT2D eigenvalue weighted by Gasteiger charge is 2.96. The van der Waals surface area contributed by atoms with Crippen molar-refractivity contribution in [2.45, 2.75) is 68.3 Å². The van der Waals surface area contributed by atoms with Gasteiger partial charge in [0.2, 0.25) is 0 Å². The molecule has 1 heterocycles. The monoisotopic (exact) mass is 439 g/mol. The maximum Gasteiger partial charge on any atom is 0.428 e. The van der Waals surface area contributed by atoms with Crippen molar-refractivity contribution in [2.24, 2.45) is 23.2 Å². The van der Waals surface area contributed by atoms with E-state index in [0.717, 1.165) is 19.3 Å². The summed E-state index contributed by atoms with van der Waals surface area (Å²) in [7, 11) is 0. The second-order valence-electron chi connectivity index (χ2n) is 9.04. The molecule has 1 unspecified atom stereocenters. The third-order valence-electron chi connectivity index (χ3n) is 6.91. The van der Waals surface area contributed by atoms with Crippen LogP contribution < -0.4 is 5.32 Å². The zero-order valence-corrected chi connectivity index (χ0v) is 14.9. The molecule has 5 aliphatic rings. The molecule has 0 aromatic heterocycles. The van der Waals surface area contributed by atoms with Gasteiger partial charge in [-0.15, -0.1) is 0 Å². The molecule has 0 aromatic carbocycles. The van der Waals surface area contributed by atoms with Crippen molar-refractivity contribution in [1.29, 1.82) is 0 Å². The Kier molecular flexibility index (Phi) is 4.16. The average molecular weight is 439 g/mol. The molecule has 12 heteroatoms. The molecule has 1 N–H and O–H groups in total. The molecule has 0 aromatic rings. The van der Waals surface area contributed by atoms with Crippen LogP contribution in [-0.4, -0.2) is 42.2 Å². The number of ether oxygens (including phenoxy) is 1. The lowest BCUT2D eigenvalue weighted by Crippen LogP contribution is -2.65. The molecule has 166 valence electrons. The van der Waals surface area contributed by atoms with E-state index < -0.39 is 47.6 Å². The second-order valence-corrected chi connectivity index (χ2v) is 9.04. The zero-order valence-electron chi connectivity index (χ0n) is 14.9. The van der Waals surface area contributed by atoms with Crippen LogP contribution in [0.1, 0.15) is 38.5 Å². The van der Waals surface area contributed by atoms with E-state index >= 15 is 0 Å². The van der Waals surface area contributed by atoms with Gasteiger partial charge in [-0.25, -0.2) is 0 Å². The number of carbonyl (C=O) groups excluding carboxylic acids is 1. The summed E-state index contributed by atoms with van der Waals surface area (Å²) in [5.41, 5.74) is -0.573. The third-order valence-corrected chi connectivity index (χ3v) is 6.91. The van der Waals surface area contributed by atoms with Crippen LogP contribution in [0.2, 0.25) is 0 Å². The first kappa shape index (κ1) is 21.0. The van der Waals surface area contributed by atoms with Crippen molar-refractivity contribution in [2.75, 3.05) is 6.54 Å². The van der Waals surface area contributed by atoms with Crippen molar-refractivity contribution in [3.05, 3.63) is 0 Å². The Morgan fingerprint density at radius 2 is 1.31 bits per heavy atom. The molecule has 1 saturated heterocycles. The lowest BCUT2D eigenvalue weighted by Gasteiger charge is -2.57. The van der Waals surface area contributed by atoms with E-state index in [4.69, 9.17) is 0 Å². The fourth-order valence-corrected chi connectivity index (χ4v) is 5.98. The van der Waals surface area contributed by atoms with Gasteiger partial charge < -0.3 is 5.32 Å². The molecule has 1 aliphatic heterocycles. The van der Waals surface area contributed by atoms with Crippen LogP contribution in [0, 0.1) is 23.2 Å². The Balaban J connectivity index is 1.53.